The van der Waals surface area contributed by atoms with E-state index >= 15 is 0 Å². The van der Waals surface area contributed by atoms with Gasteiger partial charge < -0.3 is 0 Å². The highest BCUT2D eigenvalue weighted by Crippen LogP contribution is 2.30. The third-order valence-electron chi connectivity index (χ3n) is 6.33. The molecule has 2 atom stereocenters. The van der Waals surface area contributed by atoms with Crippen LogP contribution in [0.2, 0.25) is 0 Å². The van der Waals surface area contributed by atoms with Crippen LogP contribution in [0.1, 0.15) is 96.6 Å². The summed E-state index contributed by atoms with van der Waals surface area (Å²) in [5, 5.41) is 3.02. The quantitative estimate of drug-likeness (QED) is 0.332. The Kier molecular flexibility index (Phi) is 9.95. The van der Waals surface area contributed by atoms with Gasteiger partial charge in [-0.2, -0.15) is 0 Å². The van der Waals surface area contributed by atoms with Gasteiger partial charge in [-0.1, -0.05) is 122 Å². The molecule has 0 nitrogen and oxygen atoms in total. The monoisotopic (exact) mass is 366 g/mol. The van der Waals surface area contributed by atoms with Crippen LogP contribution in [-0.4, -0.2) is 0 Å². The van der Waals surface area contributed by atoms with E-state index in [0.29, 0.717) is 0 Å². The zero-order chi connectivity index (χ0) is 19.5. The van der Waals surface area contributed by atoms with Crippen molar-refractivity contribution in [3.05, 3.63) is 47.5 Å². The molecule has 2 rings (SSSR count). The summed E-state index contributed by atoms with van der Waals surface area (Å²) in [7, 11) is 0. The summed E-state index contributed by atoms with van der Waals surface area (Å²) < 4.78 is 0. The van der Waals surface area contributed by atoms with Crippen molar-refractivity contribution in [2.24, 2.45) is 11.8 Å². The molecule has 150 valence electrons. The zero-order valence-electron chi connectivity index (χ0n) is 18.4. The second kappa shape index (κ2) is 12.2. The number of fused-ring (bicyclic) bond motifs is 1. The summed E-state index contributed by atoms with van der Waals surface area (Å²) in [5.74, 6) is 1.67. The summed E-state index contributed by atoms with van der Waals surface area (Å²) >= 11 is 0. The van der Waals surface area contributed by atoms with Crippen LogP contribution in [0.15, 0.2) is 36.4 Å². The van der Waals surface area contributed by atoms with E-state index < -0.39 is 0 Å². The van der Waals surface area contributed by atoms with Crippen molar-refractivity contribution in [3.63, 3.8) is 0 Å². The van der Waals surface area contributed by atoms with Crippen LogP contribution in [0, 0.1) is 11.8 Å². The first-order valence-electron chi connectivity index (χ1n) is 11.7. The maximum atomic E-state index is 2.38. The Morgan fingerprint density at radius 2 is 1.11 bits per heavy atom. The third-order valence-corrected chi connectivity index (χ3v) is 6.33. The van der Waals surface area contributed by atoms with E-state index in [4.69, 9.17) is 0 Å². The van der Waals surface area contributed by atoms with Crippen molar-refractivity contribution < 1.29 is 0 Å². The first kappa shape index (κ1) is 22.0. The lowest BCUT2D eigenvalue weighted by atomic mass is 9.86. The number of hydrogen-bond donors (Lipinski definition) is 0. The van der Waals surface area contributed by atoms with E-state index in [1.165, 1.54) is 81.4 Å². The van der Waals surface area contributed by atoms with Gasteiger partial charge in [-0.3, -0.25) is 0 Å². The van der Waals surface area contributed by atoms with Gasteiger partial charge in [0, 0.05) is 0 Å². The van der Waals surface area contributed by atoms with Crippen molar-refractivity contribution in [3.8, 4) is 0 Å². The molecule has 0 saturated carbocycles. The van der Waals surface area contributed by atoms with Gasteiger partial charge in [0.2, 0.25) is 0 Å². The van der Waals surface area contributed by atoms with Crippen molar-refractivity contribution >= 4 is 10.8 Å². The molecule has 0 N–H and O–H groups in total. The Balaban J connectivity index is 2.24. The second-order valence-corrected chi connectivity index (χ2v) is 8.55. The lowest BCUT2D eigenvalue weighted by Crippen LogP contribution is -2.06. The number of unbranched alkanes of at least 4 members (excludes halogenated alkanes) is 2. The highest BCUT2D eigenvalue weighted by atomic mass is 14.2. The van der Waals surface area contributed by atoms with Gasteiger partial charge in [0.15, 0.2) is 0 Å². The van der Waals surface area contributed by atoms with Gasteiger partial charge in [-0.05, 0) is 46.6 Å². The summed E-state index contributed by atoms with van der Waals surface area (Å²) in [6.07, 6.45) is 14.6. The van der Waals surface area contributed by atoms with Crippen LogP contribution < -0.4 is 0 Å². The van der Waals surface area contributed by atoms with Gasteiger partial charge in [0.25, 0.3) is 0 Å². The fourth-order valence-electron chi connectivity index (χ4n) is 4.61. The molecule has 0 heterocycles. The molecule has 0 radical (unpaired) electrons. The molecular formula is C27H42. The minimum atomic E-state index is 0.830. The van der Waals surface area contributed by atoms with E-state index in [9.17, 15) is 0 Å². The summed E-state index contributed by atoms with van der Waals surface area (Å²) in [5.41, 5.74) is 3.14. The predicted octanol–water partition coefficient (Wildman–Crippen LogP) is 8.75. The average Bonchev–Trinajstić information content (AvgIpc) is 2.69. The molecular weight excluding hydrogens is 324 g/mol. The SMILES string of the molecule is CCCCC(CC)Cc1cccc2c(CC(CCC)CCCC)cccc12. The van der Waals surface area contributed by atoms with Crippen LogP contribution in [0.4, 0.5) is 0 Å². The molecule has 27 heavy (non-hydrogen) atoms. The molecule has 0 saturated heterocycles. The molecule has 0 aliphatic heterocycles. The number of hydrogen-bond acceptors (Lipinski definition) is 0. The van der Waals surface area contributed by atoms with Crippen molar-refractivity contribution in [2.75, 3.05) is 0 Å². The highest BCUT2D eigenvalue weighted by molar-refractivity contribution is 5.88. The molecule has 0 spiro atoms. The molecule has 0 heteroatoms. The second-order valence-electron chi connectivity index (χ2n) is 8.55. The molecule has 2 unspecified atom stereocenters. The van der Waals surface area contributed by atoms with E-state index in [0.717, 1.165) is 11.8 Å². The fraction of sp³-hybridized carbons (Fsp3) is 0.630. The molecule has 0 fully saturated rings. The Hall–Kier alpha value is -1.30. The average molecular weight is 367 g/mol. The molecule has 0 aliphatic carbocycles. The Labute approximate surface area is 168 Å². The minimum absolute atomic E-state index is 0.830. The Morgan fingerprint density at radius 3 is 1.59 bits per heavy atom. The normalized spacial score (nSPS) is 13.8. The van der Waals surface area contributed by atoms with Gasteiger partial charge in [-0.25, -0.2) is 0 Å². The molecule has 0 aliphatic rings. The first-order chi connectivity index (χ1) is 13.2. The van der Waals surface area contributed by atoms with Gasteiger partial charge in [-0.15, -0.1) is 0 Å². The molecule has 0 amide bonds. The van der Waals surface area contributed by atoms with E-state index in [2.05, 4.69) is 64.1 Å². The van der Waals surface area contributed by atoms with Gasteiger partial charge in [0.1, 0.15) is 0 Å². The molecule has 2 aromatic carbocycles. The van der Waals surface area contributed by atoms with Crippen molar-refractivity contribution in [2.45, 2.75) is 98.3 Å². The summed E-state index contributed by atoms with van der Waals surface area (Å²) in [4.78, 5) is 0. The van der Waals surface area contributed by atoms with Gasteiger partial charge in [0.05, 0.1) is 0 Å². The Bertz CT molecular complexity index is 654. The standard InChI is InChI=1S/C27H42/c1-5-9-14-22(8-4)20-24-16-11-19-27-25(17-12-18-26(24)27)21-23(13-7-3)15-10-6-2/h11-12,16-19,22-23H,5-10,13-15,20-21H2,1-4H3. The van der Waals surface area contributed by atoms with Crippen molar-refractivity contribution in [1.29, 1.82) is 0 Å². The third kappa shape index (κ3) is 6.66. The minimum Gasteiger partial charge on any atom is -0.0654 e. The maximum Gasteiger partial charge on any atom is -0.0149 e. The lowest BCUT2D eigenvalue weighted by molar-refractivity contribution is 0.428. The van der Waals surface area contributed by atoms with Crippen LogP contribution in [0.5, 0.6) is 0 Å². The van der Waals surface area contributed by atoms with Crippen LogP contribution >= 0.6 is 0 Å². The maximum absolute atomic E-state index is 2.38. The lowest BCUT2D eigenvalue weighted by Gasteiger charge is -2.19. The molecule has 2 aromatic rings. The highest BCUT2D eigenvalue weighted by Gasteiger charge is 2.13. The number of rotatable bonds is 13. The van der Waals surface area contributed by atoms with E-state index in [1.807, 2.05) is 0 Å². The van der Waals surface area contributed by atoms with Crippen LogP contribution in [-0.2, 0) is 12.8 Å². The predicted molar refractivity (Wildman–Crippen MR) is 123 cm³/mol. The largest absolute Gasteiger partial charge is 0.0654 e. The number of benzene rings is 2. The van der Waals surface area contributed by atoms with Crippen LogP contribution in [0.3, 0.4) is 0 Å². The first-order valence-corrected chi connectivity index (χ1v) is 11.7. The fourth-order valence-corrected chi connectivity index (χ4v) is 4.61. The summed E-state index contributed by atoms with van der Waals surface area (Å²) in [6, 6.07) is 14.1. The van der Waals surface area contributed by atoms with Gasteiger partial charge >= 0.3 is 0 Å². The zero-order valence-corrected chi connectivity index (χ0v) is 18.4. The van der Waals surface area contributed by atoms with Crippen LogP contribution in [0.25, 0.3) is 10.8 Å². The van der Waals surface area contributed by atoms with Crippen molar-refractivity contribution in [1.82, 2.24) is 0 Å². The molecule has 0 aromatic heterocycles. The summed E-state index contributed by atoms with van der Waals surface area (Å²) in [6.45, 7) is 9.32. The molecule has 0 bridgehead atoms. The topological polar surface area (TPSA) is 0 Å². The smallest absolute Gasteiger partial charge is 0.0149 e. The Morgan fingerprint density at radius 1 is 0.593 bits per heavy atom. The van der Waals surface area contributed by atoms with E-state index in [-0.39, 0.29) is 0 Å². The van der Waals surface area contributed by atoms with E-state index in [1.54, 1.807) is 11.1 Å².